The van der Waals surface area contributed by atoms with E-state index in [9.17, 15) is 14.4 Å². The summed E-state index contributed by atoms with van der Waals surface area (Å²) in [7, 11) is 2.18. The summed E-state index contributed by atoms with van der Waals surface area (Å²) in [5, 5.41) is 6.55. The third-order valence-corrected chi connectivity index (χ3v) is 14.9. The SMILES string of the molecule is CN1CCCC1CCNCC(=O)N[C@@H]1CCN(C2C(F)CC3C(=O)C(C(=O)N4CCCCC4)=CN4C5CC6OC7CCCCC7C6CC5OC2C34)C1. The molecule has 6 heterocycles. The maximum atomic E-state index is 16.8. The number of morpholine rings is 1. The van der Waals surface area contributed by atoms with Gasteiger partial charge in [-0.15, -0.1) is 0 Å². The molecule has 0 aromatic rings. The molecule has 0 spiro atoms. The molecular weight excluding hydrogens is 663 g/mol. The van der Waals surface area contributed by atoms with Gasteiger partial charge >= 0.3 is 0 Å². The molecular formula is C40H61FN6O5. The molecule has 0 radical (unpaired) electrons. The average molecular weight is 725 g/mol. The smallest absolute Gasteiger partial charge is 0.258 e. The van der Waals surface area contributed by atoms with Gasteiger partial charge in [-0.05, 0) is 109 Å². The number of hydrogen-bond donors (Lipinski definition) is 2. The molecule has 0 bridgehead atoms. The summed E-state index contributed by atoms with van der Waals surface area (Å²) in [6.07, 6.45) is 14.4. The summed E-state index contributed by atoms with van der Waals surface area (Å²) >= 11 is 0. The molecule has 12 heteroatoms. The van der Waals surface area contributed by atoms with Crippen molar-refractivity contribution in [2.24, 2.45) is 17.8 Å². The van der Waals surface area contributed by atoms with Crippen LogP contribution in [0.5, 0.6) is 0 Å². The summed E-state index contributed by atoms with van der Waals surface area (Å²) in [6.45, 7) is 4.84. The molecule has 2 amide bonds. The zero-order valence-corrected chi connectivity index (χ0v) is 31.1. The van der Waals surface area contributed by atoms with Gasteiger partial charge in [-0.3, -0.25) is 19.3 Å². The fourth-order valence-electron chi connectivity index (χ4n) is 12.3. The van der Waals surface area contributed by atoms with Crippen LogP contribution in [0.2, 0.25) is 0 Å². The van der Waals surface area contributed by atoms with E-state index in [2.05, 4.69) is 32.4 Å². The lowest BCUT2D eigenvalue weighted by Crippen LogP contribution is -2.73. The summed E-state index contributed by atoms with van der Waals surface area (Å²) in [6, 6.07) is -0.289. The molecule has 11 nitrogen and oxygen atoms in total. The van der Waals surface area contributed by atoms with Crippen LogP contribution in [0.1, 0.15) is 89.9 Å². The number of ether oxygens (including phenoxy) is 2. The number of carbonyl (C=O) groups is 3. The van der Waals surface area contributed by atoms with Gasteiger partial charge in [-0.1, -0.05) is 12.8 Å². The molecule has 3 saturated carbocycles. The number of halogens is 1. The highest BCUT2D eigenvalue weighted by atomic mass is 19.1. The Bertz CT molecular complexity index is 1390. The predicted molar refractivity (Wildman–Crippen MR) is 193 cm³/mol. The van der Waals surface area contributed by atoms with E-state index in [1.54, 1.807) is 0 Å². The van der Waals surface area contributed by atoms with Crippen LogP contribution in [-0.4, -0.2) is 151 Å². The molecule has 13 atom stereocenters. The summed E-state index contributed by atoms with van der Waals surface area (Å²) in [4.78, 5) is 49.9. The van der Waals surface area contributed by atoms with Crippen LogP contribution < -0.4 is 10.6 Å². The Morgan fingerprint density at radius 2 is 1.71 bits per heavy atom. The number of Topliss-reactive ketones (excluding diaryl/α,β-unsaturated/α-hetero) is 1. The van der Waals surface area contributed by atoms with Crippen LogP contribution >= 0.6 is 0 Å². The van der Waals surface area contributed by atoms with E-state index in [1.807, 2.05) is 11.1 Å². The van der Waals surface area contributed by atoms with Gasteiger partial charge in [0, 0.05) is 50.4 Å². The second kappa shape index (κ2) is 14.8. The number of nitrogens with one attached hydrogen (secondary N) is 2. The van der Waals surface area contributed by atoms with Crippen molar-refractivity contribution in [2.75, 3.05) is 52.9 Å². The minimum absolute atomic E-state index is 0.00796. The van der Waals surface area contributed by atoms with Crippen molar-refractivity contribution in [1.82, 2.24) is 30.2 Å². The Labute approximate surface area is 308 Å². The van der Waals surface area contributed by atoms with Crippen molar-refractivity contribution in [3.63, 3.8) is 0 Å². The van der Waals surface area contributed by atoms with Crippen LogP contribution in [-0.2, 0) is 23.9 Å². The van der Waals surface area contributed by atoms with Gasteiger partial charge in [-0.25, -0.2) is 4.39 Å². The molecule has 288 valence electrons. The Hall–Kier alpha value is -2.12. The standard InChI is InChI=1S/C40H61FN6O5/c1-44-14-7-8-25(44)11-13-42-21-35(48)43-24-12-17-46(22-24)37-30(41)18-28-36-39(37)52-34-19-27-26-9-3-4-10-32(26)51-33(27)20-31(34)47(36)23-29(38(28)49)40(50)45-15-5-2-6-16-45/h23-28,30-34,36-37,39,42H,2-22H2,1H3,(H,43,48)/t24-,25?,26?,27?,28?,30?,31?,32?,33?,34?,36?,37?,39?/m1/s1. The van der Waals surface area contributed by atoms with E-state index in [0.29, 0.717) is 50.2 Å². The number of amides is 2. The molecule has 0 aromatic carbocycles. The second-order valence-electron chi connectivity index (χ2n) is 17.8. The first-order valence-corrected chi connectivity index (χ1v) is 21.1. The normalized spacial score (nSPS) is 43.4. The van der Waals surface area contributed by atoms with Crippen LogP contribution in [0, 0.1) is 17.8 Å². The highest BCUT2D eigenvalue weighted by Crippen LogP contribution is 2.53. The third kappa shape index (κ3) is 6.54. The number of rotatable bonds is 8. The molecule has 9 rings (SSSR count). The minimum Gasteiger partial charge on any atom is -0.374 e. The van der Waals surface area contributed by atoms with Crippen LogP contribution in [0.15, 0.2) is 11.8 Å². The topological polar surface area (TPSA) is 107 Å². The molecule has 52 heavy (non-hydrogen) atoms. The quantitative estimate of drug-likeness (QED) is 0.289. The van der Waals surface area contributed by atoms with Crippen molar-refractivity contribution in [2.45, 2.75) is 151 Å². The number of likely N-dealkylation sites (tertiary alicyclic amines) is 3. The lowest BCUT2D eigenvalue weighted by Gasteiger charge is -2.61. The maximum absolute atomic E-state index is 16.8. The van der Waals surface area contributed by atoms with Gasteiger partial charge in [0.25, 0.3) is 5.91 Å². The fourth-order valence-corrected chi connectivity index (χ4v) is 12.3. The zero-order chi connectivity index (χ0) is 35.5. The van der Waals surface area contributed by atoms with E-state index >= 15 is 4.39 Å². The van der Waals surface area contributed by atoms with Crippen LogP contribution in [0.4, 0.5) is 4.39 Å². The maximum Gasteiger partial charge on any atom is 0.258 e. The molecule has 6 aliphatic heterocycles. The summed E-state index contributed by atoms with van der Waals surface area (Å²) in [5.74, 6) is -0.0346. The monoisotopic (exact) mass is 724 g/mol. The first-order chi connectivity index (χ1) is 25.3. The van der Waals surface area contributed by atoms with Crippen molar-refractivity contribution >= 4 is 17.6 Å². The third-order valence-electron chi connectivity index (χ3n) is 14.9. The van der Waals surface area contributed by atoms with Gasteiger partial charge in [0.05, 0.1) is 54.7 Å². The molecule has 12 unspecified atom stereocenters. The summed E-state index contributed by atoms with van der Waals surface area (Å²) in [5.41, 5.74) is 0.240. The molecule has 3 aliphatic carbocycles. The van der Waals surface area contributed by atoms with Crippen LogP contribution in [0.25, 0.3) is 0 Å². The number of hydrogen-bond acceptors (Lipinski definition) is 9. The van der Waals surface area contributed by atoms with E-state index in [4.69, 9.17) is 9.47 Å². The number of alkyl halides is 1. The molecule has 0 aromatic heterocycles. The van der Waals surface area contributed by atoms with E-state index in [0.717, 1.165) is 64.5 Å². The number of piperidine rings is 1. The van der Waals surface area contributed by atoms with Crippen LogP contribution in [0.3, 0.4) is 0 Å². The Balaban J connectivity index is 0.921. The Morgan fingerprint density at radius 1 is 0.865 bits per heavy atom. The predicted octanol–water partition coefficient (Wildman–Crippen LogP) is 2.63. The van der Waals surface area contributed by atoms with Gasteiger partial charge in [0.1, 0.15) is 6.17 Å². The van der Waals surface area contributed by atoms with E-state index in [1.165, 1.54) is 32.1 Å². The van der Waals surface area contributed by atoms with E-state index < -0.39 is 24.2 Å². The van der Waals surface area contributed by atoms with Gasteiger partial charge in [0.15, 0.2) is 5.78 Å². The number of carbonyl (C=O) groups excluding carboxylic acids is 3. The summed E-state index contributed by atoms with van der Waals surface area (Å²) < 4.78 is 30.7. The second-order valence-corrected chi connectivity index (χ2v) is 17.8. The molecule has 2 N–H and O–H groups in total. The number of nitrogens with zero attached hydrogens (tertiary/aromatic N) is 4. The molecule has 9 aliphatic rings. The zero-order valence-electron chi connectivity index (χ0n) is 31.1. The Morgan fingerprint density at radius 3 is 2.54 bits per heavy atom. The first kappa shape index (κ1) is 35.6. The van der Waals surface area contributed by atoms with Crippen molar-refractivity contribution < 1.29 is 28.2 Å². The highest BCUT2D eigenvalue weighted by molar-refractivity contribution is 6.20. The average Bonchev–Trinajstić information content (AvgIpc) is 3.88. The molecule has 8 fully saturated rings. The lowest BCUT2D eigenvalue weighted by molar-refractivity contribution is -0.220. The minimum atomic E-state index is -1.27. The van der Waals surface area contributed by atoms with Crippen molar-refractivity contribution in [1.29, 1.82) is 0 Å². The lowest BCUT2D eigenvalue weighted by atomic mass is 9.67. The number of ketones is 1. The van der Waals surface area contributed by atoms with E-state index in [-0.39, 0.29) is 66.5 Å². The van der Waals surface area contributed by atoms with Gasteiger partial charge in [-0.2, -0.15) is 0 Å². The first-order valence-electron chi connectivity index (χ1n) is 21.1. The van der Waals surface area contributed by atoms with Crippen molar-refractivity contribution in [3.05, 3.63) is 11.8 Å². The van der Waals surface area contributed by atoms with Gasteiger partial charge in [0.2, 0.25) is 5.91 Å². The fraction of sp³-hybridized carbons (Fsp3) is 0.875. The highest BCUT2D eigenvalue weighted by Gasteiger charge is 2.62. The Kier molecular flexibility index (Phi) is 10.2. The number of fused-ring (bicyclic) bond motifs is 5. The van der Waals surface area contributed by atoms with Crippen molar-refractivity contribution in [3.8, 4) is 0 Å². The van der Waals surface area contributed by atoms with Gasteiger partial charge < -0.3 is 34.8 Å². The largest absolute Gasteiger partial charge is 0.374 e. The molecule has 5 saturated heterocycles.